The first kappa shape index (κ1) is 9.13. The maximum atomic E-state index is 5.64. The lowest BCUT2D eigenvalue weighted by Crippen LogP contribution is -2.18. The van der Waals surface area contributed by atoms with Crippen LogP contribution in [0.3, 0.4) is 0 Å². The van der Waals surface area contributed by atoms with Gasteiger partial charge >= 0.3 is 0 Å². The molecule has 66 valence electrons. The summed E-state index contributed by atoms with van der Waals surface area (Å²) in [6.45, 7) is 4.93. The van der Waals surface area contributed by atoms with Gasteiger partial charge in [0.1, 0.15) is 0 Å². The summed E-state index contributed by atoms with van der Waals surface area (Å²) in [6.07, 6.45) is 5.18. The first-order valence-corrected chi connectivity index (χ1v) is 4.21. The first-order chi connectivity index (χ1) is 5.75. The fourth-order valence-corrected chi connectivity index (χ4v) is 1.24. The van der Waals surface area contributed by atoms with Crippen LogP contribution < -0.4 is 5.73 Å². The van der Waals surface area contributed by atoms with Gasteiger partial charge in [-0.3, -0.25) is 9.97 Å². The van der Waals surface area contributed by atoms with Gasteiger partial charge < -0.3 is 5.73 Å². The van der Waals surface area contributed by atoms with Crippen LogP contribution in [0.2, 0.25) is 0 Å². The molecule has 0 aliphatic heterocycles. The minimum absolute atomic E-state index is 0.332. The molecule has 0 spiro atoms. The minimum Gasteiger partial charge on any atom is -0.330 e. The van der Waals surface area contributed by atoms with Crippen LogP contribution in [-0.2, 0) is 0 Å². The van der Waals surface area contributed by atoms with Gasteiger partial charge in [-0.15, -0.1) is 0 Å². The molecule has 1 aromatic heterocycles. The monoisotopic (exact) mass is 165 g/mol. The van der Waals surface area contributed by atoms with E-state index in [1.54, 1.807) is 18.6 Å². The summed E-state index contributed by atoms with van der Waals surface area (Å²) in [6, 6.07) is 0. The molecular weight excluding hydrogens is 150 g/mol. The molecule has 3 nitrogen and oxygen atoms in total. The zero-order valence-corrected chi connectivity index (χ0v) is 7.57. The van der Waals surface area contributed by atoms with Gasteiger partial charge in [0, 0.05) is 31.1 Å². The second kappa shape index (κ2) is 4.16. The Labute approximate surface area is 73.0 Å². The zero-order valence-electron chi connectivity index (χ0n) is 7.57. The molecule has 12 heavy (non-hydrogen) atoms. The van der Waals surface area contributed by atoms with E-state index >= 15 is 0 Å². The average molecular weight is 165 g/mol. The highest BCUT2D eigenvalue weighted by Gasteiger charge is 2.14. The van der Waals surface area contributed by atoms with E-state index in [-0.39, 0.29) is 0 Å². The van der Waals surface area contributed by atoms with Crippen molar-refractivity contribution in [2.24, 2.45) is 11.7 Å². The summed E-state index contributed by atoms with van der Waals surface area (Å²) in [5, 5.41) is 0. The predicted octanol–water partition coefficient (Wildman–Crippen LogP) is 1.17. The van der Waals surface area contributed by atoms with Crippen molar-refractivity contribution in [3.05, 3.63) is 24.3 Å². The number of hydrogen-bond donors (Lipinski definition) is 1. The molecule has 2 N–H and O–H groups in total. The molecule has 0 fully saturated rings. The van der Waals surface area contributed by atoms with Crippen LogP contribution in [0, 0.1) is 5.92 Å². The van der Waals surface area contributed by atoms with Crippen LogP contribution in [0.1, 0.15) is 25.5 Å². The summed E-state index contributed by atoms with van der Waals surface area (Å²) in [5.41, 5.74) is 6.63. The van der Waals surface area contributed by atoms with Gasteiger partial charge in [-0.05, 0) is 5.92 Å². The summed E-state index contributed by atoms with van der Waals surface area (Å²) in [5.74, 6) is 0.852. The van der Waals surface area contributed by atoms with Crippen LogP contribution >= 0.6 is 0 Å². The van der Waals surface area contributed by atoms with E-state index in [1.165, 1.54) is 0 Å². The Morgan fingerprint density at radius 3 is 2.58 bits per heavy atom. The van der Waals surface area contributed by atoms with E-state index < -0.39 is 0 Å². The first-order valence-electron chi connectivity index (χ1n) is 4.21. The summed E-state index contributed by atoms with van der Waals surface area (Å²) in [7, 11) is 0. The van der Waals surface area contributed by atoms with Crippen LogP contribution in [0.15, 0.2) is 18.6 Å². The molecule has 1 atom stereocenters. The number of rotatable bonds is 3. The molecule has 0 radical (unpaired) electrons. The normalized spacial score (nSPS) is 13.3. The third-order valence-electron chi connectivity index (χ3n) is 2.02. The van der Waals surface area contributed by atoms with Gasteiger partial charge in [0.15, 0.2) is 0 Å². The van der Waals surface area contributed by atoms with E-state index in [2.05, 4.69) is 23.8 Å². The van der Waals surface area contributed by atoms with E-state index in [0.717, 1.165) is 5.69 Å². The zero-order chi connectivity index (χ0) is 8.97. The van der Waals surface area contributed by atoms with Gasteiger partial charge in [-0.25, -0.2) is 0 Å². The lowest BCUT2D eigenvalue weighted by Gasteiger charge is -2.16. The quantitative estimate of drug-likeness (QED) is 0.731. The maximum absolute atomic E-state index is 5.64. The molecule has 0 bridgehead atoms. The topological polar surface area (TPSA) is 51.8 Å². The van der Waals surface area contributed by atoms with Crippen LogP contribution in [0.25, 0.3) is 0 Å². The second-order valence-electron chi connectivity index (χ2n) is 3.22. The van der Waals surface area contributed by atoms with Crippen molar-refractivity contribution in [1.29, 1.82) is 0 Å². The van der Waals surface area contributed by atoms with Gasteiger partial charge in [0.25, 0.3) is 0 Å². The molecule has 0 saturated heterocycles. The minimum atomic E-state index is 0.332. The van der Waals surface area contributed by atoms with Crippen LogP contribution in [0.5, 0.6) is 0 Å². The van der Waals surface area contributed by atoms with Crippen molar-refractivity contribution in [2.45, 2.75) is 19.8 Å². The lowest BCUT2D eigenvalue weighted by atomic mass is 9.93. The second-order valence-corrected chi connectivity index (χ2v) is 3.22. The molecule has 1 rings (SSSR count). The van der Waals surface area contributed by atoms with Crippen molar-refractivity contribution in [3.63, 3.8) is 0 Å². The molecule has 0 aliphatic carbocycles. The predicted molar refractivity (Wildman–Crippen MR) is 48.7 cm³/mol. The number of hydrogen-bond acceptors (Lipinski definition) is 3. The fourth-order valence-electron chi connectivity index (χ4n) is 1.24. The van der Waals surface area contributed by atoms with Gasteiger partial charge in [-0.1, -0.05) is 13.8 Å². The highest BCUT2D eigenvalue weighted by atomic mass is 14.8. The van der Waals surface area contributed by atoms with Gasteiger partial charge in [0.2, 0.25) is 0 Å². The molecule has 1 heterocycles. The Bertz CT molecular complexity index is 220. The number of aromatic nitrogens is 2. The van der Waals surface area contributed by atoms with E-state index in [9.17, 15) is 0 Å². The molecule has 0 aromatic carbocycles. The Kier molecular flexibility index (Phi) is 3.17. The van der Waals surface area contributed by atoms with Gasteiger partial charge in [-0.2, -0.15) is 0 Å². The van der Waals surface area contributed by atoms with Crippen LogP contribution in [-0.4, -0.2) is 16.5 Å². The average Bonchev–Trinajstić information content (AvgIpc) is 2.07. The maximum Gasteiger partial charge on any atom is 0.0632 e. The third kappa shape index (κ3) is 2.01. The smallest absolute Gasteiger partial charge is 0.0632 e. The van der Waals surface area contributed by atoms with Crippen molar-refractivity contribution in [1.82, 2.24) is 9.97 Å². The highest BCUT2D eigenvalue weighted by molar-refractivity contribution is 5.04. The third-order valence-corrected chi connectivity index (χ3v) is 2.02. The fraction of sp³-hybridized carbons (Fsp3) is 0.556. The molecule has 0 aliphatic rings. The Morgan fingerprint density at radius 1 is 1.42 bits per heavy atom. The summed E-state index contributed by atoms with van der Waals surface area (Å²) >= 11 is 0. The Hall–Kier alpha value is -0.960. The van der Waals surface area contributed by atoms with Crippen LogP contribution in [0.4, 0.5) is 0 Å². The SMILES string of the molecule is CC(C)[C@H](CN)c1cnccn1. The lowest BCUT2D eigenvalue weighted by molar-refractivity contribution is 0.494. The summed E-state index contributed by atoms with van der Waals surface area (Å²) in [4.78, 5) is 8.25. The molecule has 1 aromatic rings. The largest absolute Gasteiger partial charge is 0.330 e. The highest BCUT2D eigenvalue weighted by Crippen LogP contribution is 2.19. The molecule has 0 saturated carbocycles. The van der Waals surface area contributed by atoms with Crippen molar-refractivity contribution in [3.8, 4) is 0 Å². The van der Waals surface area contributed by atoms with E-state index in [1.807, 2.05) is 0 Å². The Morgan fingerprint density at radius 2 is 2.17 bits per heavy atom. The molecule has 0 unspecified atom stereocenters. The van der Waals surface area contributed by atoms with Gasteiger partial charge in [0.05, 0.1) is 5.69 Å². The standard InChI is InChI=1S/C9H15N3/c1-7(2)8(5-10)9-6-11-3-4-12-9/h3-4,6-8H,5,10H2,1-2H3/t8-/m0/s1. The summed E-state index contributed by atoms with van der Waals surface area (Å²) < 4.78 is 0. The van der Waals surface area contributed by atoms with E-state index in [4.69, 9.17) is 5.73 Å². The van der Waals surface area contributed by atoms with Crippen molar-refractivity contribution >= 4 is 0 Å². The molecule has 0 amide bonds. The number of nitrogens with two attached hydrogens (primary N) is 1. The molecule has 3 heteroatoms. The number of nitrogens with zero attached hydrogens (tertiary/aromatic N) is 2. The molecular formula is C9H15N3. The Balaban J connectivity index is 2.80. The van der Waals surface area contributed by atoms with E-state index in [0.29, 0.717) is 18.4 Å². The van der Waals surface area contributed by atoms with Crippen molar-refractivity contribution in [2.75, 3.05) is 6.54 Å². The van der Waals surface area contributed by atoms with Crippen molar-refractivity contribution < 1.29 is 0 Å².